The highest BCUT2D eigenvalue weighted by molar-refractivity contribution is 6.07. The molecule has 1 amide bonds. The molecule has 0 unspecified atom stereocenters. The zero-order valence-corrected chi connectivity index (χ0v) is 13.1. The standard InChI is InChI=1S/C18H20N2O2/c1-4-12-10-19-9-8-15(12)20-17(21)13-6-5-7-14-16(13)22-11-18(14,2)3/h5-10H,4,11H2,1-3H3,(H,19,20,21). The number of ether oxygens (including phenoxy) is 1. The number of benzene rings is 1. The van der Waals surface area contributed by atoms with Gasteiger partial charge in [-0.25, -0.2) is 0 Å². The lowest BCUT2D eigenvalue weighted by Gasteiger charge is -2.15. The van der Waals surface area contributed by atoms with Gasteiger partial charge in [0.15, 0.2) is 0 Å². The number of aromatic nitrogens is 1. The molecule has 22 heavy (non-hydrogen) atoms. The lowest BCUT2D eigenvalue weighted by molar-refractivity contribution is 0.102. The van der Waals surface area contributed by atoms with E-state index >= 15 is 0 Å². The molecule has 2 aromatic rings. The Bertz CT molecular complexity index is 723. The quantitative estimate of drug-likeness (QED) is 0.942. The van der Waals surface area contributed by atoms with Crippen LogP contribution in [0.3, 0.4) is 0 Å². The van der Waals surface area contributed by atoms with E-state index < -0.39 is 0 Å². The fraction of sp³-hybridized carbons (Fsp3) is 0.333. The summed E-state index contributed by atoms with van der Waals surface area (Å²) in [5, 5.41) is 2.98. The maximum absolute atomic E-state index is 12.6. The molecule has 4 heteroatoms. The highest BCUT2D eigenvalue weighted by Gasteiger charge is 2.34. The van der Waals surface area contributed by atoms with Crippen LogP contribution in [0.15, 0.2) is 36.7 Å². The third-order valence-corrected chi connectivity index (χ3v) is 4.10. The van der Waals surface area contributed by atoms with Crippen molar-refractivity contribution in [1.29, 1.82) is 0 Å². The number of para-hydroxylation sites is 1. The Morgan fingerprint density at radius 1 is 1.36 bits per heavy atom. The summed E-state index contributed by atoms with van der Waals surface area (Å²) in [5.41, 5.74) is 3.44. The van der Waals surface area contributed by atoms with Gasteiger partial charge in [-0.3, -0.25) is 9.78 Å². The molecule has 0 aliphatic carbocycles. The molecule has 1 aliphatic heterocycles. The van der Waals surface area contributed by atoms with Gasteiger partial charge in [0.05, 0.1) is 12.2 Å². The summed E-state index contributed by atoms with van der Waals surface area (Å²) in [6.45, 7) is 6.89. The Morgan fingerprint density at radius 2 is 2.18 bits per heavy atom. The molecule has 0 radical (unpaired) electrons. The molecule has 114 valence electrons. The number of carbonyl (C=O) groups excluding carboxylic acids is 1. The van der Waals surface area contributed by atoms with Crippen molar-refractivity contribution in [1.82, 2.24) is 4.98 Å². The number of rotatable bonds is 3. The Morgan fingerprint density at radius 3 is 2.95 bits per heavy atom. The van der Waals surface area contributed by atoms with Gasteiger partial charge >= 0.3 is 0 Å². The van der Waals surface area contributed by atoms with E-state index in [4.69, 9.17) is 4.74 Å². The van der Waals surface area contributed by atoms with Gasteiger partial charge in [0.2, 0.25) is 0 Å². The van der Waals surface area contributed by atoms with Crippen LogP contribution in [0.5, 0.6) is 5.75 Å². The molecule has 2 heterocycles. The normalized spacial score (nSPS) is 15.0. The topological polar surface area (TPSA) is 51.2 Å². The number of fused-ring (bicyclic) bond motifs is 1. The molecule has 1 aromatic heterocycles. The molecule has 1 aromatic carbocycles. The molecule has 4 nitrogen and oxygen atoms in total. The van der Waals surface area contributed by atoms with Crippen molar-refractivity contribution < 1.29 is 9.53 Å². The van der Waals surface area contributed by atoms with Gasteiger partial charge in [-0.05, 0) is 24.1 Å². The molecule has 0 saturated heterocycles. The first-order chi connectivity index (χ1) is 10.5. The molecule has 0 fully saturated rings. The lowest BCUT2D eigenvalue weighted by atomic mass is 9.86. The van der Waals surface area contributed by atoms with E-state index in [1.165, 1.54) is 0 Å². The van der Waals surface area contributed by atoms with E-state index in [0.717, 1.165) is 23.2 Å². The smallest absolute Gasteiger partial charge is 0.259 e. The second-order valence-electron chi connectivity index (χ2n) is 6.20. The predicted octanol–water partition coefficient (Wildman–Crippen LogP) is 3.57. The summed E-state index contributed by atoms with van der Waals surface area (Å²) in [5.74, 6) is 0.563. The Hall–Kier alpha value is -2.36. The third-order valence-electron chi connectivity index (χ3n) is 4.10. The maximum Gasteiger partial charge on any atom is 0.259 e. The van der Waals surface area contributed by atoms with Crippen molar-refractivity contribution in [3.63, 3.8) is 0 Å². The van der Waals surface area contributed by atoms with Crippen LogP contribution < -0.4 is 10.1 Å². The average molecular weight is 296 g/mol. The number of carbonyl (C=O) groups is 1. The van der Waals surface area contributed by atoms with Gasteiger partial charge in [-0.2, -0.15) is 0 Å². The Balaban J connectivity index is 1.93. The fourth-order valence-electron chi connectivity index (χ4n) is 2.76. The van der Waals surface area contributed by atoms with E-state index in [0.29, 0.717) is 17.9 Å². The van der Waals surface area contributed by atoms with Crippen molar-refractivity contribution in [3.8, 4) is 5.75 Å². The SMILES string of the molecule is CCc1cnccc1NC(=O)c1cccc2c1OCC2(C)C. The zero-order valence-electron chi connectivity index (χ0n) is 13.1. The zero-order chi connectivity index (χ0) is 15.7. The van der Waals surface area contributed by atoms with E-state index in [1.54, 1.807) is 12.4 Å². The highest BCUT2D eigenvalue weighted by Crippen LogP contribution is 2.40. The van der Waals surface area contributed by atoms with Gasteiger partial charge in [0, 0.05) is 29.1 Å². The maximum atomic E-state index is 12.6. The van der Waals surface area contributed by atoms with E-state index in [9.17, 15) is 4.79 Å². The number of hydrogen-bond acceptors (Lipinski definition) is 3. The first kappa shape index (κ1) is 14.6. The number of anilines is 1. The number of nitrogens with one attached hydrogen (secondary N) is 1. The van der Waals surface area contributed by atoms with Gasteiger partial charge in [0.25, 0.3) is 5.91 Å². The third kappa shape index (κ3) is 2.45. The van der Waals surface area contributed by atoms with E-state index in [-0.39, 0.29) is 11.3 Å². The van der Waals surface area contributed by atoms with Crippen LogP contribution in [0.2, 0.25) is 0 Å². The number of amides is 1. The number of aryl methyl sites for hydroxylation is 1. The summed E-state index contributed by atoms with van der Waals surface area (Å²) < 4.78 is 5.79. The van der Waals surface area contributed by atoms with Gasteiger partial charge in [-0.1, -0.05) is 32.9 Å². The monoisotopic (exact) mass is 296 g/mol. The molecule has 1 N–H and O–H groups in total. The number of nitrogens with zero attached hydrogens (tertiary/aromatic N) is 1. The molecular weight excluding hydrogens is 276 g/mol. The molecule has 0 atom stereocenters. The molecule has 3 rings (SSSR count). The van der Waals surface area contributed by atoms with E-state index in [2.05, 4.69) is 24.1 Å². The fourth-order valence-corrected chi connectivity index (χ4v) is 2.76. The van der Waals surface area contributed by atoms with Gasteiger partial charge in [-0.15, -0.1) is 0 Å². The van der Waals surface area contributed by atoms with Crippen molar-refractivity contribution in [3.05, 3.63) is 53.3 Å². The van der Waals surface area contributed by atoms with Crippen LogP contribution in [0, 0.1) is 0 Å². The van der Waals surface area contributed by atoms with Gasteiger partial charge < -0.3 is 10.1 Å². The number of pyridine rings is 1. The van der Waals surface area contributed by atoms with Crippen LogP contribution in [-0.4, -0.2) is 17.5 Å². The minimum absolute atomic E-state index is 0.0587. The Labute approximate surface area is 130 Å². The first-order valence-electron chi connectivity index (χ1n) is 7.53. The van der Waals surface area contributed by atoms with Crippen LogP contribution in [0.1, 0.15) is 42.3 Å². The number of hydrogen-bond donors (Lipinski definition) is 1. The second-order valence-corrected chi connectivity index (χ2v) is 6.20. The molecule has 0 spiro atoms. The van der Waals surface area contributed by atoms with Crippen LogP contribution in [0.25, 0.3) is 0 Å². The van der Waals surface area contributed by atoms with Crippen LogP contribution in [0.4, 0.5) is 5.69 Å². The van der Waals surface area contributed by atoms with Crippen molar-refractivity contribution in [2.45, 2.75) is 32.6 Å². The summed E-state index contributed by atoms with van der Waals surface area (Å²) in [6, 6.07) is 7.58. The predicted molar refractivity (Wildman–Crippen MR) is 86.5 cm³/mol. The summed E-state index contributed by atoms with van der Waals surface area (Å²) in [7, 11) is 0. The summed E-state index contributed by atoms with van der Waals surface area (Å²) in [6.07, 6.45) is 4.29. The largest absolute Gasteiger partial charge is 0.492 e. The van der Waals surface area contributed by atoms with Crippen molar-refractivity contribution >= 4 is 11.6 Å². The average Bonchev–Trinajstić information content (AvgIpc) is 2.83. The van der Waals surface area contributed by atoms with Crippen molar-refractivity contribution in [2.24, 2.45) is 0 Å². The van der Waals surface area contributed by atoms with Crippen LogP contribution >= 0.6 is 0 Å². The summed E-state index contributed by atoms with van der Waals surface area (Å²) in [4.78, 5) is 16.7. The molecular formula is C18H20N2O2. The lowest BCUT2D eigenvalue weighted by Crippen LogP contribution is -2.18. The molecule has 0 bridgehead atoms. The highest BCUT2D eigenvalue weighted by atomic mass is 16.5. The minimum Gasteiger partial charge on any atom is -0.492 e. The Kier molecular flexibility index (Phi) is 3.61. The van der Waals surface area contributed by atoms with Gasteiger partial charge in [0.1, 0.15) is 5.75 Å². The minimum atomic E-state index is -0.143. The van der Waals surface area contributed by atoms with Crippen molar-refractivity contribution in [2.75, 3.05) is 11.9 Å². The van der Waals surface area contributed by atoms with Crippen LogP contribution in [-0.2, 0) is 11.8 Å². The first-order valence-corrected chi connectivity index (χ1v) is 7.53. The van der Waals surface area contributed by atoms with E-state index in [1.807, 2.05) is 31.2 Å². The molecule has 1 aliphatic rings. The second kappa shape index (κ2) is 5.44. The molecule has 0 saturated carbocycles. The summed E-state index contributed by atoms with van der Waals surface area (Å²) >= 11 is 0.